The van der Waals surface area contributed by atoms with Crippen LogP contribution < -0.4 is 0 Å². The summed E-state index contributed by atoms with van der Waals surface area (Å²) in [7, 11) is 0. The third-order valence-electron chi connectivity index (χ3n) is 1.23. The zero-order valence-corrected chi connectivity index (χ0v) is 10.9. The fourth-order valence-corrected chi connectivity index (χ4v) is 2.83. The molecule has 11 heavy (non-hydrogen) atoms. The Bertz CT molecular complexity index is 273. The van der Waals surface area contributed by atoms with E-state index in [1.807, 2.05) is 12.1 Å². The number of hydrogen-bond acceptors (Lipinski definition) is 0. The zero-order valence-electron chi connectivity index (χ0n) is 5.37. The van der Waals surface area contributed by atoms with Gasteiger partial charge >= 0.3 is 0 Å². The third-order valence-corrected chi connectivity index (χ3v) is 3.77. The van der Waals surface area contributed by atoms with Crippen LogP contribution in [-0.2, 0) is 5.33 Å². The Morgan fingerprint density at radius 1 is 1.18 bits per heavy atom. The average molecular weight is 363 g/mol. The SMILES string of the molecule is Clc1cc(CBr)c(Br)cc1Br. The first kappa shape index (κ1) is 10.0. The Morgan fingerprint density at radius 2 is 1.82 bits per heavy atom. The van der Waals surface area contributed by atoms with Crippen LogP contribution >= 0.6 is 59.4 Å². The summed E-state index contributed by atoms with van der Waals surface area (Å²) in [6, 6.07) is 3.86. The molecule has 0 fully saturated rings. The monoisotopic (exact) mass is 360 g/mol. The normalized spacial score (nSPS) is 10.2. The van der Waals surface area contributed by atoms with E-state index in [0.29, 0.717) is 0 Å². The number of hydrogen-bond donors (Lipinski definition) is 0. The van der Waals surface area contributed by atoms with Crippen LogP contribution in [0.25, 0.3) is 0 Å². The van der Waals surface area contributed by atoms with E-state index in [2.05, 4.69) is 47.8 Å². The highest BCUT2D eigenvalue weighted by Gasteiger charge is 2.02. The first-order valence-electron chi connectivity index (χ1n) is 2.84. The molecule has 0 aliphatic heterocycles. The quantitative estimate of drug-likeness (QED) is 0.499. The van der Waals surface area contributed by atoms with Gasteiger partial charge < -0.3 is 0 Å². The van der Waals surface area contributed by atoms with E-state index < -0.39 is 0 Å². The minimum absolute atomic E-state index is 0.739. The van der Waals surface area contributed by atoms with E-state index in [0.717, 1.165) is 24.9 Å². The lowest BCUT2D eigenvalue weighted by Crippen LogP contribution is -1.80. The highest BCUT2D eigenvalue weighted by molar-refractivity contribution is 9.11. The summed E-state index contributed by atoms with van der Waals surface area (Å²) in [5.41, 5.74) is 1.15. The van der Waals surface area contributed by atoms with Crippen molar-refractivity contribution in [3.05, 3.63) is 31.7 Å². The van der Waals surface area contributed by atoms with Crippen LogP contribution in [0.2, 0.25) is 5.02 Å². The summed E-state index contributed by atoms with van der Waals surface area (Å²) in [6.45, 7) is 0. The lowest BCUT2D eigenvalue weighted by atomic mass is 10.2. The molecule has 0 nitrogen and oxygen atoms in total. The van der Waals surface area contributed by atoms with Gasteiger partial charge in [-0.05, 0) is 33.6 Å². The molecule has 0 amide bonds. The molecule has 4 heteroatoms. The van der Waals surface area contributed by atoms with Gasteiger partial charge in [0.05, 0.1) is 5.02 Å². The van der Waals surface area contributed by atoms with Gasteiger partial charge in [0.25, 0.3) is 0 Å². The molecule has 0 spiro atoms. The Morgan fingerprint density at radius 3 is 2.36 bits per heavy atom. The Hall–Kier alpha value is 0.950. The second kappa shape index (κ2) is 4.26. The van der Waals surface area contributed by atoms with Crippen LogP contribution in [0.3, 0.4) is 0 Å². The highest BCUT2D eigenvalue weighted by Crippen LogP contribution is 2.30. The second-order valence-corrected chi connectivity index (χ2v) is 4.67. The molecule has 60 valence electrons. The van der Waals surface area contributed by atoms with Crippen molar-refractivity contribution >= 4 is 59.4 Å². The number of benzene rings is 1. The zero-order chi connectivity index (χ0) is 8.43. The van der Waals surface area contributed by atoms with E-state index in [9.17, 15) is 0 Å². The minimum atomic E-state index is 0.739. The van der Waals surface area contributed by atoms with Crippen molar-refractivity contribution < 1.29 is 0 Å². The van der Waals surface area contributed by atoms with Crippen molar-refractivity contribution in [1.82, 2.24) is 0 Å². The molecule has 0 N–H and O–H groups in total. The van der Waals surface area contributed by atoms with Crippen LogP contribution in [0, 0.1) is 0 Å². The van der Waals surface area contributed by atoms with Gasteiger partial charge in [-0.1, -0.05) is 43.5 Å². The first-order valence-corrected chi connectivity index (χ1v) is 5.93. The third kappa shape index (κ3) is 2.44. The fraction of sp³-hybridized carbons (Fsp3) is 0.143. The van der Waals surface area contributed by atoms with Crippen LogP contribution in [0.5, 0.6) is 0 Å². The van der Waals surface area contributed by atoms with Crippen molar-refractivity contribution in [3.8, 4) is 0 Å². The van der Waals surface area contributed by atoms with Crippen molar-refractivity contribution in [1.29, 1.82) is 0 Å². The van der Waals surface area contributed by atoms with Gasteiger partial charge in [0, 0.05) is 14.3 Å². The van der Waals surface area contributed by atoms with Crippen molar-refractivity contribution in [2.24, 2.45) is 0 Å². The van der Waals surface area contributed by atoms with Crippen LogP contribution in [0.4, 0.5) is 0 Å². The van der Waals surface area contributed by atoms with Crippen LogP contribution in [0.15, 0.2) is 21.1 Å². The van der Waals surface area contributed by atoms with Crippen molar-refractivity contribution in [2.45, 2.75) is 5.33 Å². The van der Waals surface area contributed by atoms with Crippen LogP contribution in [0.1, 0.15) is 5.56 Å². The predicted molar refractivity (Wildman–Crippen MR) is 59.5 cm³/mol. The van der Waals surface area contributed by atoms with E-state index in [1.165, 1.54) is 0 Å². The number of alkyl halides is 1. The highest BCUT2D eigenvalue weighted by atomic mass is 79.9. The van der Waals surface area contributed by atoms with Gasteiger partial charge in [-0.25, -0.2) is 0 Å². The maximum atomic E-state index is 5.88. The summed E-state index contributed by atoms with van der Waals surface area (Å²) < 4.78 is 1.97. The molecule has 0 unspecified atom stereocenters. The molecule has 1 aromatic carbocycles. The largest absolute Gasteiger partial charge is 0.0876 e. The Balaban J connectivity index is 3.21. The van der Waals surface area contributed by atoms with Crippen molar-refractivity contribution in [2.75, 3.05) is 0 Å². The average Bonchev–Trinajstić information content (AvgIpc) is 1.97. The van der Waals surface area contributed by atoms with Gasteiger partial charge in [-0.2, -0.15) is 0 Å². The molecule has 0 bridgehead atoms. The summed E-state index contributed by atoms with van der Waals surface area (Å²) in [6.07, 6.45) is 0. The predicted octanol–water partition coefficient (Wildman–Crippen LogP) is 4.76. The summed E-state index contributed by atoms with van der Waals surface area (Å²) in [5.74, 6) is 0. The minimum Gasteiger partial charge on any atom is -0.0876 e. The van der Waals surface area contributed by atoms with Crippen LogP contribution in [-0.4, -0.2) is 0 Å². The number of rotatable bonds is 1. The van der Waals surface area contributed by atoms with Gasteiger partial charge in [0.2, 0.25) is 0 Å². The molecule has 1 aromatic rings. The molecular weight excluding hydrogens is 359 g/mol. The molecule has 0 radical (unpaired) electrons. The maximum Gasteiger partial charge on any atom is 0.0551 e. The Kier molecular flexibility index (Phi) is 3.89. The van der Waals surface area contributed by atoms with E-state index in [4.69, 9.17) is 11.6 Å². The summed E-state index contributed by atoms with van der Waals surface area (Å²) in [4.78, 5) is 0. The molecule has 0 aliphatic carbocycles. The number of halogens is 4. The van der Waals surface area contributed by atoms with Gasteiger partial charge in [-0.15, -0.1) is 0 Å². The molecule has 1 rings (SSSR count). The summed E-state index contributed by atoms with van der Waals surface area (Å²) >= 11 is 16.0. The Labute approximate surface area is 95.7 Å². The van der Waals surface area contributed by atoms with E-state index >= 15 is 0 Å². The maximum absolute atomic E-state index is 5.88. The molecule has 0 heterocycles. The topological polar surface area (TPSA) is 0 Å². The fourth-order valence-electron chi connectivity index (χ4n) is 0.666. The standard InChI is InChI=1S/C7H4Br3Cl/c8-3-4-1-7(11)6(10)2-5(4)9/h1-2H,3H2. The molecule has 0 aliphatic rings. The molecule has 0 aromatic heterocycles. The van der Waals surface area contributed by atoms with E-state index in [1.54, 1.807) is 0 Å². The van der Waals surface area contributed by atoms with E-state index in [-0.39, 0.29) is 0 Å². The lowest BCUT2D eigenvalue weighted by molar-refractivity contribution is 1.39. The molecule has 0 saturated heterocycles. The first-order chi connectivity index (χ1) is 5.15. The second-order valence-electron chi connectivity index (χ2n) is 1.99. The molecular formula is C7H4Br3Cl. The van der Waals surface area contributed by atoms with Gasteiger partial charge in [0.1, 0.15) is 0 Å². The van der Waals surface area contributed by atoms with Gasteiger partial charge in [-0.3, -0.25) is 0 Å². The van der Waals surface area contributed by atoms with Crippen molar-refractivity contribution in [3.63, 3.8) is 0 Å². The summed E-state index contributed by atoms with van der Waals surface area (Å²) in [5, 5.41) is 1.54. The molecule has 0 saturated carbocycles. The van der Waals surface area contributed by atoms with Gasteiger partial charge in [0.15, 0.2) is 0 Å². The smallest absolute Gasteiger partial charge is 0.0551 e. The molecule has 0 atom stereocenters. The lowest BCUT2D eigenvalue weighted by Gasteiger charge is -2.02.